The summed E-state index contributed by atoms with van der Waals surface area (Å²) in [5.41, 5.74) is 1.04. The number of hydrogen-bond acceptors (Lipinski definition) is 3. The van der Waals surface area contributed by atoms with Crippen molar-refractivity contribution in [3.8, 4) is 0 Å². The summed E-state index contributed by atoms with van der Waals surface area (Å²) in [4.78, 5) is 47.8. The van der Waals surface area contributed by atoms with E-state index in [4.69, 9.17) is 23.2 Å². The lowest BCUT2D eigenvalue weighted by atomic mass is 9.85. The average molecular weight is 568 g/mol. The number of halogens is 2. The maximum Gasteiger partial charge on any atom is 0.268 e. The molecule has 1 saturated carbocycles. The number of nitrogens with zero attached hydrogens (tertiary/aromatic N) is 2. The number of piperazine rings is 1. The highest BCUT2D eigenvalue weighted by atomic mass is 35.5. The van der Waals surface area contributed by atoms with E-state index in [1.807, 2.05) is 60.9 Å². The molecule has 2 aliphatic heterocycles. The van der Waals surface area contributed by atoms with Crippen LogP contribution in [0.3, 0.4) is 0 Å². The quantitative estimate of drug-likeness (QED) is 0.447. The normalized spacial score (nSPS) is 22.3. The van der Waals surface area contributed by atoms with Crippen LogP contribution in [-0.2, 0) is 15.0 Å². The third-order valence-electron chi connectivity index (χ3n) is 8.55. The van der Waals surface area contributed by atoms with Crippen LogP contribution in [0.15, 0.2) is 48.5 Å². The summed E-state index contributed by atoms with van der Waals surface area (Å²) in [6, 6.07) is 14.0. The van der Waals surface area contributed by atoms with Gasteiger partial charge in [0.25, 0.3) is 5.91 Å². The number of likely N-dealkylation sites (tertiary alicyclic amines) is 2. The highest BCUT2D eigenvalue weighted by Gasteiger charge is 2.58. The number of nitrogens with one attached hydrogen (secondary N) is 2. The predicted octanol–water partition coefficient (Wildman–Crippen LogP) is 5.16. The lowest BCUT2D eigenvalue weighted by molar-refractivity contribution is -0.143. The molecule has 2 bridgehead atoms. The Morgan fingerprint density at radius 3 is 2.31 bits per heavy atom. The molecule has 3 fully saturated rings. The fraction of sp³-hybridized carbons (Fsp3) is 0.433. The number of fused-ring (bicyclic) bond motifs is 3. The maximum absolute atomic E-state index is 13.9. The summed E-state index contributed by atoms with van der Waals surface area (Å²) in [6.45, 7) is 6.83. The molecule has 1 aromatic heterocycles. The number of carbonyl (C=O) groups is 3. The van der Waals surface area contributed by atoms with Gasteiger partial charge in [-0.25, -0.2) is 0 Å². The second-order valence-corrected chi connectivity index (χ2v) is 13.1. The lowest BCUT2D eigenvalue weighted by Crippen LogP contribution is -2.59. The molecule has 6 rings (SSSR count). The van der Waals surface area contributed by atoms with E-state index in [0.717, 1.165) is 35.7 Å². The Labute approximate surface area is 237 Å². The van der Waals surface area contributed by atoms with Crippen molar-refractivity contribution >= 4 is 51.8 Å². The molecule has 9 heteroatoms. The van der Waals surface area contributed by atoms with Gasteiger partial charge in [0.05, 0.1) is 17.5 Å². The smallest absolute Gasteiger partial charge is 0.268 e. The summed E-state index contributed by atoms with van der Waals surface area (Å²) < 4.78 is 0. The van der Waals surface area contributed by atoms with Gasteiger partial charge >= 0.3 is 0 Å². The van der Waals surface area contributed by atoms with Gasteiger partial charge in [0.15, 0.2) is 0 Å². The first kappa shape index (κ1) is 26.2. The molecular formula is C30H32Cl2N4O3. The number of aromatic amines is 1. The van der Waals surface area contributed by atoms with Crippen molar-refractivity contribution in [3.63, 3.8) is 0 Å². The molecule has 204 valence electrons. The van der Waals surface area contributed by atoms with E-state index in [1.165, 1.54) is 0 Å². The highest BCUT2D eigenvalue weighted by molar-refractivity contribution is 6.35. The van der Waals surface area contributed by atoms with Crippen molar-refractivity contribution in [2.45, 2.75) is 63.6 Å². The van der Waals surface area contributed by atoms with Crippen LogP contribution in [0, 0.1) is 5.41 Å². The molecule has 3 aromatic rings. The number of benzene rings is 2. The van der Waals surface area contributed by atoms with Crippen molar-refractivity contribution in [1.82, 2.24) is 20.1 Å². The van der Waals surface area contributed by atoms with Gasteiger partial charge in [-0.3, -0.25) is 14.4 Å². The SMILES string of the molecule is CC(C)(C)[C@H](NC(=O)c1cc2ccccc2[nH]1)C(=O)N1C[C@@H]2C[C@H]1CN2C(=O)C1(c2ccc(Cl)cc2Cl)CC1. The van der Waals surface area contributed by atoms with Gasteiger partial charge in [0, 0.05) is 34.0 Å². The lowest BCUT2D eigenvalue weighted by Gasteiger charge is -2.40. The molecule has 2 N–H and O–H groups in total. The van der Waals surface area contributed by atoms with E-state index in [0.29, 0.717) is 28.8 Å². The fourth-order valence-corrected chi connectivity index (χ4v) is 6.87. The zero-order valence-corrected chi connectivity index (χ0v) is 23.8. The second-order valence-electron chi connectivity index (χ2n) is 12.2. The van der Waals surface area contributed by atoms with Gasteiger partial charge in [-0.1, -0.05) is 68.2 Å². The van der Waals surface area contributed by atoms with Crippen LogP contribution in [0.1, 0.15) is 56.1 Å². The van der Waals surface area contributed by atoms with E-state index < -0.39 is 16.9 Å². The van der Waals surface area contributed by atoms with E-state index in [9.17, 15) is 14.4 Å². The van der Waals surface area contributed by atoms with Gasteiger partial charge in [0.1, 0.15) is 11.7 Å². The predicted molar refractivity (Wildman–Crippen MR) is 152 cm³/mol. The van der Waals surface area contributed by atoms with Gasteiger partial charge in [-0.15, -0.1) is 0 Å². The number of para-hydroxylation sites is 1. The molecular weight excluding hydrogens is 535 g/mol. The molecule has 3 atom stereocenters. The van der Waals surface area contributed by atoms with Crippen LogP contribution in [0.4, 0.5) is 0 Å². The van der Waals surface area contributed by atoms with Crippen molar-refractivity contribution in [2.75, 3.05) is 13.1 Å². The third-order valence-corrected chi connectivity index (χ3v) is 9.10. The van der Waals surface area contributed by atoms with Gasteiger partial charge in [-0.2, -0.15) is 0 Å². The number of H-pyrrole nitrogens is 1. The van der Waals surface area contributed by atoms with Gasteiger partial charge in [-0.05, 0) is 54.5 Å². The molecule has 39 heavy (non-hydrogen) atoms. The minimum absolute atomic E-state index is 0.0416. The Hall–Kier alpha value is -3.03. The molecule has 7 nitrogen and oxygen atoms in total. The molecule has 0 radical (unpaired) electrons. The Morgan fingerprint density at radius 1 is 1.00 bits per heavy atom. The molecule has 0 spiro atoms. The summed E-state index contributed by atoms with van der Waals surface area (Å²) in [7, 11) is 0. The molecule has 3 heterocycles. The largest absolute Gasteiger partial charge is 0.351 e. The average Bonchev–Trinajstić information content (AvgIpc) is 3.23. The molecule has 0 unspecified atom stereocenters. The number of aromatic nitrogens is 1. The zero-order valence-electron chi connectivity index (χ0n) is 22.3. The first-order valence-electron chi connectivity index (χ1n) is 13.4. The van der Waals surface area contributed by atoms with Crippen LogP contribution in [0.25, 0.3) is 10.9 Å². The highest BCUT2D eigenvalue weighted by Crippen LogP contribution is 2.53. The summed E-state index contributed by atoms with van der Waals surface area (Å²) in [5.74, 6) is -0.324. The van der Waals surface area contributed by atoms with Crippen LogP contribution in [0.5, 0.6) is 0 Å². The van der Waals surface area contributed by atoms with Crippen LogP contribution >= 0.6 is 23.2 Å². The van der Waals surface area contributed by atoms with Crippen LogP contribution in [-0.4, -0.2) is 63.7 Å². The summed E-state index contributed by atoms with van der Waals surface area (Å²) >= 11 is 12.6. The minimum Gasteiger partial charge on any atom is -0.351 e. The monoisotopic (exact) mass is 566 g/mol. The van der Waals surface area contributed by atoms with E-state index in [-0.39, 0.29) is 29.8 Å². The number of amides is 3. The molecule has 2 aromatic carbocycles. The van der Waals surface area contributed by atoms with Crippen molar-refractivity contribution in [1.29, 1.82) is 0 Å². The number of carbonyl (C=O) groups excluding carboxylic acids is 3. The van der Waals surface area contributed by atoms with Crippen molar-refractivity contribution < 1.29 is 14.4 Å². The molecule has 3 aliphatic rings. The van der Waals surface area contributed by atoms with E-state index in [2.05, 4.69) is 10.3 Å². The summed E-state index contributed by atoms with van der Waals surface area (Å²) in [5, 5.41) is 5.01. The van der Waals surface area contributed by atoms with E-state index in [1.54, 1.807) is 18.2 Å². The fourth-order valence-electron chi connectivity index (χ4n) is 6.28. The minimum atomic E-state index is -0.706. The molecule has 3 amide bonds. The first-order valence-corrected chi connectivity index (χ1v) is 14.2. The second kappa shape index (κ2) is 9.27. The molecule has 2 saturated heterocycles. The van der Waals surface area contributed by atoms with Crippen LogP contribution < -0.4 is 5.32 Å². The number of rotatable bonds is 5. The number of hydrogen-bond donors (Lipinski definition) is 2. The van der Waals surface area contributed by atoms with Crippen molar-refractivity contribution in [2.24, 2.45) is 5.41 Å². The Bertz CT molecular complexity index is 1460. The Balaban J connectivity index is 1.16. The third kappa shape index (κ3) is 4.49. The van der Waals surface area contributed by atoms with Crippen molar-refractivity contribution in [3.05, 3.63) is 69.8 Å². The zero-order chi connectivity index (χ0) is 27.7. The Kier molecular flexibility index (Phi) is 6.23. The maximum atomic E-state index is 13.9. The first-order chi connectivity index (χ1) is 18.5. The van der Waals surface area contributed by atoms with Crippen LogP contribution in [0.2, 0.25) is 10.0 Å². The van der Waals surface area contributed by atoms with Gasteiger partial charge in [0.2, 0.25) is 11.8 Å². The molecule has 1 aliphatic carbocycles. The van der Waals surface area contributed by atoms with E-state index >= 15 is 0 Å². The van der Waals surface area contributed by atoms with Gasteiger partial charge < -0.3 is 20.1 Å². The standard InChI is InChI=1S/C30H32Cl2N4O3/c1-29(2,3)25(34-26(37)24-12-17-6-4-5-7-23(17)33-24)27(38)35-15-20-14-19(35)16-36(20)28(39)30(10-11-30)21-9-8-18(31)13-22(21)32/h4-9,12-13,19-20,25,33H,10-11,14-16H2,1-3H3,(H,34,37)/t19-,20-,25+/m0/s1. The topological polar surface area (TPSA) is 85.5 Å². The Morgan fingerprint density at radius 2 is 1.69 bits per heavy atom. The summed E-state index contributed by atoms with van der Waals surface area (Å²) in [6.07, 6.45) is 2.26.